The predicted molar refractivity (Wildman–Crippen MR) is 84.5 cm³/mol. The topological polar surface area (TPSA) is 110 Å². The zero-order chi connectivity index (χ0) is 16.7. The van der Waals surface area contributed by atoms with Crippen LogP contribution in [0.2, 0.25) is 0 Å². The number of carbonyl (C=O) groups is 1. The van der Waals surface area contributed by atoms with Gasteiger partial charge in [0.25, 0.3) is 0 Å². The summed E-state index contributed by atoms with van der Waals surface area (Å²) in [5.74, 6) is -0.564. The van der Waals surface area contributed by atoms with Crippen molar-refractivity contribution in [1.29, 1.82) is 0 Å². The average molecular weight is 342 g/mol. The lowest BCUT2D eigenvalue weighted by Gasteiger charge is -2.10. The highest BCUT2D eigenvalue weighted by Gasteiger charge is 2.28. The summed E-state index contributed by atoms with van der Waals surface area (Å²) in [5.41, 5.74) is 0.233. The van der Waals surface area contributed by atoms with E-state index in [9.17, 15) is 9.90 Å². The van der Waals surface area contributed by atoms with E-state index in [1.54, 1.807) is 7.11 Å². The number of pyridine rings is 1. The maximum atomic E-state index is 10.9. The third kappa shape index (κ3) is 4.81. The molecule has 0 radical (unpaired) electrons. The number of ether oxygens (including phenoxy) is 3. The van der Waals surface area contributed by atoms with Crippen LogP contribution in [0.5, 0.6) is 11.5 Å². The van der Waals surface area contributed by atoms with Gasteiger partial charge < -0.3 is 24.4 Å². The Labute approximate surface area is 137 Å². The molecule has 0 spiro atoms. The number of aliphatic imine (C=N–C) groups is 1. The fourth-order valence-electron chi connectivity index (χ4n) is 1.79. The first kappa shape index (κ1) is 17.5. The lowest BCUT2D eigenvalue weighted by Crippen LogP contribution is -2.17. The van der Waals surface area contributed by atoms with Crippen molar-refractivity contribution in [2.45, 2.75) is 6.04 Å². The van der Waals surface area contributed by atoms with Gasteiger partial charge in [-0.15, -0.1) is 11.8 Å². The molecule has 1 atom stereocenters. The van der Waals surface area contributed by atoms with Crippen molar-refractivity contribution in [3.63, 3.8) is 0 Å². The lowest BCUT2D eigenvalue weighted by molar-refractivity contribution is -0.137. The van der Waals surface area contributed by atoms with E-state index in [2.05, 4.69) is 9.98 Å². The molecule has 9 heteroatoms. The molecule has 23 heavy (non-hydrogen) atoms. The van der Waals surface area contributed by atoms with Crippen LogP contribution in [-0.4, -0.2) is 71.5 Å². The molecular formula is C14H18N2O6S. The molecule has 2 heterocycles. The number of carboxylic acid groups (broad SMARTS) is 1. The summed E-state index contributed by atoms with van der Waals surface area (Å²) in [6.07, 6.45) is 1.48. The maximum absolute atomic E-state index is 10.9. The quantitative estimate of drug-likeness (QED) is 0.633. The summed E-state index contributed by atoms with van der Waals surface area (Å²) < 4.78 is 15.6. The fraction of sp³-hybridized carbons (Fsp3) is 0.500. The minimum absolute atomic E-state index is 0.151. The molecule has 1 aliphatic rings. The highest BCUT2D eigenvalue weighted by Crippen LogP contribution is 2.33. The van der Waals surface area contributed by atoms with E-state index >= 15 is 0 Å². The van der Waals surface area contributed by atoms with Crippen molar-refractivity contribution in [1.82, 2.24) is 4.98 Å². The second kappa shape index (κ2) is 8.70. The van der Waals surface area contributed by atoms with Crippen LogP contribution in [0, 0.1) is 0 Å². The molecule has 0 amide bonds. The molecule has 1 aliphatic heterocycles. The first-order valence-electron chi connectivity index (χ1n) is 6.94. The van der Waals surface area contributed by atoms with Gasteiger partial charge in [-0.3, -0.25) is 4.99 Å². The van der Waals surface area contributed by atoms with Crippen LogP contribution in [-0.2, 0) is 14.3 Å². The Morgan fingerprint density at radius 1 is 1.39 bits per heavy atom. The summed E-state index contributed by atoms with van der Waals surface area (Å²) in [5, 5.41) is 19.6. The summed E-state index contributed by atoms with van der Waals surface area (Å²) in [4.78, 5) is 19.0. The smallest absolute Gasteiger partial charge is 0.329 e. The van der Waals surface area contributed by atoms with Gasteiger partial charge in [-0.1, -0.05) is 0 Å². The molecule has 0 fully saturated rings. The summed E-state index contributed by atoms with van der Waals surface area (Å²) >= 11 is 1.24. The number of rotatable bonds is 9. The second-order valence-corrected chi connectivity index (χ2v) is 5.57. The van der Waals surface area contributed by atoms with Crippen LogP contribution in [0.25, 0.3) is 0 Å². The van der Waals surface area contributed by atoms with Crippen LogP contribution in [0.3, 0.4) is 0 Å². The fourth-order valence-corrected chi connectivity index (χ4v) is 2.81. The van der Waals surface area contributed by atoms with E-state index in [0.29, 0.717) is 30.6 Å². The molecule has 0 saturated heterocycles. The van der Waals surface area contributed by atoms with Crippen LogP contribution in [0.4, 0.5) is 0 Å². The van der Waals surface area contributed by atoms with Gasteiger partial charge >= 0.3 is 5.97 Å². The second-order valence-electron chi connectivity index (χ2n) is 4.56. The minimum Gasteiger partial charge on any atom is -0.503 e. The van der Waals surface area contributed by atoms with Gasteiger partial charge in [0.2, 0.25) is 0 Å². The van der Waals surface area contributed by atoms with E-state index in [1.807, 2.05) is 0 Å². The third-order valence-corrected chi connectivity index (χ3v) is 4.00. The van der Waals surface area contributed by atoms with Crippen molar-refractivity contribution in [3.05, 3.63) is 18.0 Å². The normalized spacial score (nSPS) is 17.1. The van der Waals surface area contributed by atoms with Crippen LogP contribution in [0.1, 0.15) is 5.69 Å². The number of aliphatic carboxylic acids is 1. The van der Waals surface area contributed by atoms with Crippen molar-refractivity contribution in [3.8, 4) is 11.5 Å². The Balaban J connectivity index is 1.96. The van der Waals surface area contributed by atoms with Gasteiger partial charge in [0.05, 0.1) is 19.8 Å². The highest BCUT2D eigenvalue weighted by atomic mass is 32.2. The number of aromatic hydroxyl groups is 1. The molecule has 126 valence electrons. The third-order valence-electron chi connectivity index (χ3n) is 2.94. The molecule has 0 aliphatic carbocycles. The van der Waals surface area contributed by atoms with Crippen LogP contribution < -0.4 is 4.74 Å². The number of thioether (sulfide) groups is 1. The SMILES string of the molecule is COCCOCCOc1ccnc(C2=N[C@@H](C(=O)O)CS2)c1O. The van der Waals surface area contributed by atoms with E-state index in [0.717, 1.165) is 0 Å². The van der Waals surface area contributed by atoms with E-state index < -0.39 is 12.0 Å². The van der Waals surface area contributed by atoms with Crippen LogP contribution in [0.15, 0.2) is 17.3 Å². The Hall–Kier alpha value is -1.84. The van der Waals surface area contributed by atoms with Crippen LogP contribution >= 0.6 is 11.8 Å². The largest absolute Gasteiger partial charge is 0.503 e. The first-order valence-corrected chi connectivity index (χ1v) is 7.93. The van der Waals surface area contributed by atoms with Crippen molar-refractivity contribution >= 4 is 22.8 Å². The van der Waals surface area contributed by atoms with Crippen molar-refractivity contribution < 1.29 is 29.2 Å². The molecule has 0 aromatic carbocycles. The molecule has 8 nitrogen and oxygen atoms in total. The summed E-state index contributed by atoms with van der Waals surface area (Å²) in [6.45, 7) is 1.60. The molecule has 0 unspecified atom stereocenters. The number of hydrogen-bond donors (Lipinski definition) is 2. The molecular weight excluding hydrogens is 324 g/mol. The zero-order valence-electron chi connectivity index (χ0n) is 12.6. The summed E-state index contributed by atoms with van der Waals surface area (Å²) in [7, 11) is 1.59. The van der Waals surface area contributed by atoms with Gasteiger partial charge in [-0.25, -0.2) is 9.78 Å². The number of nitrogens with zero attached hydrogens (tertiary/aromatic N) is 2. The number of hydrogen-bond acceptors (Lipinski definition) is 8. The Morgan fingerprint density at radius 2 is 2.17 bits per heavy atom. The Morgan fingerprint density at radius 3 is 2.87 bits per heavy atom. The van der Waals surface area contributed by atoms with E-state index in [4.69, 9.17) is 19.3 Å². The molecule has 1 aromatic rings. The van der Waals surface area contributed by atoms with Gasteiger partial charge in [-0.05, 0) is 0 Å². The monoisotopic (exact) mass is 342 g/mol. The van der Waals surface area contributed by atoms with E-state index in [-0.39, 0.29) is 23.8 Å². The highest BCUT2D eigenvalue weighted by molar-refractivity contribution is 8.14. The predicted octanol–water partition coefficient (Wildman–Crippen LogP) is 0.776. The molecule has 2 rings (SSSR count). The van der Waals surface area contributed by atoms with Crippen molar-refractivity contribution in [2.24, 2.45) is 4.99 Å². The molecule has 0 bridgehead atoms. The maximum Gasteiger partial charge on any atom is 0.329 e. The number of aromatic nitrogens is 1. The Kier molecular flexibility index (Phi) is 6.63. The van der Waals surface area contributed by atoms with E-state index in [1.165, 1.54) is 24.0 Å². The number of methoxy groups -OCH3 is 1. The number of carboxylic acids is 1. The van der Waals surface area contributed by atoms with Crippen molar-refractivity contribution in [2.75, 3.05) is 39.3 Å². The van der Waals surface area contributed by atoms with Gasteiger partial charge in [0, 0.05) is 25.1 Å². The first-order chi connectivity index (χ1) is 11.1. The molecule has 1 aromatic heterocycles. The van der Waals surface area contributed by atoms with Gasteiger partial charge in [0.1, 0.15) is 17.3 Å². The summed E-state index contributed by atoms with van der Waals surface area (Å²) in [6, 6.07) is 0.720. The van der Waals surface area contributed by atoms with Gasteiger partial charge in [0.15, 0.2) is 17.5 Å². The molecule has 0 saturated carbocycles. The minimum atomic E-state index is -0.993. The standard InChI is InChI=1S/C14H18N2O6S/c1-20-4-5-21-6-7-22-10-2-3-15-11(12(10)17)13-16-9(8-23-13)14(18)19/h2-3,9,17H,4-8H2,1H3,(H,18,19)/t9-/m1/s1. The average Bonchev–Trinajstić information content (AvgIpc) is 3.02. The molecule has 2 N–H and O–H groups in total. The Bertz CT molecular complexity index is 580. The lowest BCUT2D eigenvalue weighted by atomic mass is 10.3. The zero-order valence-corrected chi connectivity index (χ0v) is 13.4. The van der Waals surface area contributed by atoms with Gasteiger partial charge in [-0.2, -0.15) is 0 Å².